The molecule has 0 bridgehead atoms. The number of Topliss-reactive ketones (excluding diaryl/α,β-unsaturated/α-hetero) is 1. The van der Waals surface area contributed by atoms with Gasteiger partial charge in [-0.2, -0.15) is 0 Å². The highest BCUT2D eigenvalue weighted by molar-refractivity contribution is 5.93. The van der Waals surface area contributed by atoms with Crippen LogP contribution in [0, 0.1) is 0 Å². The van der Waals surface area contributed by atoms with Crippen LogP contribution in [0.4, 0.5) is 0 Å². The third kappa shape index (κ3) is 2.85. The van der Waals surface area contributed by atoms with Crippen LogP contribution in [0.1, 0.15) is 22.8 Å². The lowest BCUT2D eigenvalue weighted by atomic mass is 10.2. The number of carbonyl (C=O) groups excluding carboxylic acids is 1. The van der Waals surface area contributed by atoms with Crippen LogP contribution in [0.3, 0.4) is 0 Å². The van der Waals surface area contributed by atoms with Crippen molar-refractivity contribution in [1.82, 2.24) is 14.5 Å². The van der Waals surface area contributed by atoms with Gasteiger partial charge < -0.3 is 4.98 Å². The maximum absolute atomic E-state index is 12.0. The van der Waals surface area contributed by atoms with Crippen molar-refractivity contribution in [3.63, 3.8) is 0 Å². The maximum Gasteiger partial charge on any atom is 0.328 e. The van der Waals surface area contributed by atoms with Gasteiger partial charge in [-0.05, 0) is 31.0 Å². The van der Waals surface area contributed by atoms with Crippen molar-refractivity contribution in [3.05, 3.63) is 62.7 Å². The van der Waals surface area contributed by atoms with E-state index >= 15 is 0 Å². The van der Waals surface area contributed by atoms with Crippen LogP contribution in [-0.4, -0.2) is 20.3 Å². The molecule has 0 aromatic carbocycles. The van der Waals surface area contributed by atoms with Gasteiger partial charge in [0.15, 0.2) is 5.78 Å². The quantitative estimate of drug-likeness (QED) is 0.804. The number of ketones is 1. The molecule has 2 aromatic rings. The van der Waals surface area contributed by atoms with Crippen LogP contribution >= 0.6 is 0 Å². The Morgan fingerprint density at radius 2 is 2.00 bits per heavy atom. The first-order chi connectivity index (χ1) is 9.09. The minimum Gasteiger partial charge on any atom is -0.313 e. The van der Waals surface area contributed by atoms with E-state index in [1.165, 1.54) is 6.92 Å². The highest BCUT2D eigenvalue weighted by atomic mass is 16.2. The average molecular weight is 259 g/mol. The fourth-order valence-electron chi connectivity index (χ4n) is 1.76. The smallest absolute Gasteiger partial charge is 0.313 e. The number of pyridine rings is 1. The van der Waals surface area contributed by atoms with Gasteiger partial charge in [0.05, 0.1) is 5.56 Å². The van der Waals surface area contributed by atoms with Crippen LogP contribution in [0.15, 0.2) is 40.3 Å². The Labute approximate surface area is 108 Å². The molecule has 6 heteroatoms. The van der Waals surface area contributed by atoms with E-state index in [0.717, 1.165) is 16.3 Å². The van der Waals surface area contributed by atoms with Gasteiger partial charge in [0.25, 0.3) is 5.56 Å². The molecule has 98 valence electrons. The third-order valence-electron chi connectivity index (χ3n) is 2.81. The molecule has 0 amide bonds. The first-order valence-corrected chi connectivity index (χ1v) is 5.82. The normalized spacial score (nSPS) is 10.4. The van der Waals surface area contributed by atoms with Crippen LogP contribution < -0.4 is 11.2 Å². The SMILES string of the molecule is CC(=O)c1c[nH]c(=O)n(CCc2ccncc2)c1=O. The lowest BCUT2D eigenvalue weighted by molar-refractivity contribution is 0.101. The molecule has 0 aliphatic carbocycles. The lowest BCUT2D eigenvalue weighted by Gasteiger charge is -2.05. The predicted molar refractivity (Wildman–Crippen MR) is 69.3 cm³/mol. The molecule has 0 saturated heterocycles. The van der Waals surface area contributed by atoms with E-state index in [1.54, 1.807) is 12.4 Å². The second-order valence-corrected chi connectivity index (χ2v) is 4.13. The number of aryl methyl sites for hydroxylation is 1. The molecule has 0 saturated carbocycles. The summed E-state index contributed by atoms with van der Waals surface area (Å²) in [6.45, 7) is 1.52. The van der Waals surface area contributed by atoms with Gasteiger partial charge in [0.1, 0.15) is 0 Å². The van der Waals surface area contributed by atoms with Gasteiger partial charge in [-0.25, -0.2) is 4.79 Å². The number of rotatable bonds is 4. The number of aromatic nitrogens is 3. The first-order valence-electron chi connectivity index (χ1n) is 5.82. The van der Waals surface area contributed by atoms with Crippen molar-refractivity contribution >= 4 is 5.78 Å². The van der Waals surface area contributed by atoms with E-state index in [4.69, 9.17) is 0 Å². The largest absolute Gasteiger partial charge is 0.328 e. The molecule has 0 unspecified atom stereocenters. The molecule has 1 N–H and O–H groups in total. The van der Waals surface area contributed by atoms with Gasteiger partial charge in [-0.1, -0.05) is 0 Å². The maximum atomic E-state index is 12.0. The minimum absolute atomic E-state index is 0.00525. The summed E-state index contributed by atoms with van der Waals surface area (Å²) in [5.74, 6) is -0.362. The number of H-pyrrole nitrogens is 1. The second-order valence-electron chi connectivity index (χ2n) is 4.13. The van der Waals surface area contributed by atoms with Gasteiger partial charge in [-0.3, -0.25) is 19.1 Å². The standard InChI is InChI=1S/C13H13N3O3/c1-9(17)11-8-15-13(19)16(12(11)18)7-4-10-2-5-14-6-3-10/h2-3,5-6,8H,4,7H2,1H3,(H,15,19). The van der Waals surface area contributed by atoms with E-state index in [2.05, 4.69) is 9.97 Å². The van der Waals surface area contributed by atoms with Crippen molar-refractivity contribution in [2.24, 2.45) is 0 Å². The van der Waals surface area contributed by atoms with Gasteiger partial charge >= 0.3 is 5.69 Å². The number of aromatic amines is 1. The molecule has 0 aliphatic rings. The van der Waals surface area contributed by atoms with Crippen molar-refractivity contribution in [1.29, 1.82) is 0 Å². The molecule has 19 heavy (non-hydrogen) atoms. The van der Waals surface area contributed by atoms with Gasteiger partial charge in [-0.15, -0.1) is 0 Å². The van der Waals surface area contributed by atoms with Crippen molar-refractivity contribution in [2.75, 3.05) is 0 Å². The molecule has 2 heterocycles. The van der Waals surface area contributed by atoms with Crippen LogP contribution in [0.5, 0.6) is 0 Å². The minimum atomic E-state index is -0.551. The number of carbonyl (C=O) groups is 1. The summed E-state index contributed by atoms with van der Waals surface area (Å²) < 4.78 is 1.04. The fourth-order valence-corrected chi connectivity index (χ4v) is 1.76. The number of hydrogen-bond acceptors (Lipinski definition) is 4. The summed E-state index contributed by atoms with van der Waals surface area (Å²) in [6, 6.07) is 3.63. The number of nitrogens with zero attached hydrogens (tertiary/aromatic N) is 2. The third-order valence-corrected chi connectivity index (χ3v) is 2.81. The molecular weight excluding hydrogens is 246 g/mol. The molecule has 0 aliphatic heterocycles. The number of nitrogens with one attached hydrogen (secondary N) is 1. The Kier molecular flexibility index (Phi) is 3.70. The Bertz CT molecular complexity index is 701. The summed E-state index contributed by atoms with van der Waals surface area (Å²) in [7, 11) is 0. The summed E-state index contributed by atoms with van der Waals surface area (Å²) in [6.07, 6.45) is 4.98. The van der Waals surface area contributed by atoms with E-state index in [0.29, 0.717) is 6.42 Å². The Morgan fingerprint density at radius 1 is 1.32 bits per heavy atom. The fraction of sp³-hybridized carbons (Fsp3) is 0.231. The lowest BCUT2D eigenvalue weighted by Crippen LogP contribution is -2.38. The van der Waals surface area contributed by atoms with E-state index in [-0.39, 0.29) is 17.9 Å². The Morgan fingerprint density at radius 3 is 2.63 bits per heavy atom. The van der Waals surface area contributed by atoms with Crippen LogP contribution in [-0.2, 0) is 13.0 Å². The van der Waals surface area contributed by atoms with E-state index < -0.39 is 11.2 Å². The molecule has 6 nitrogen and oxygen atoms in total. The zero-order valence-electron chi connectivity index (χ0n) is 10.4. The molecular formula is C13H13N3O3. The molecule has 0 fully saturated rings. The number of hydrogen-bond donors (Lipinski definition) is 1. The Hall–Kier alpha value is -2.50. The Balaban J connectivity index is 2.30. The molecule has 0 radical (unpaired) electrons. The molecule has 0 spiro atoms. The van der Waals surface area contributed by atoms with Crippen molar-refractivity contribution in [2.45, 2.75) is 19.9 Å². The van der Waals surface area contributed by atoms with Gasteiger partial charge in [0, 0.05) is 25.1 Å². The molecule has 2 rings (SSSR count). The topological polar surface area (TPSA) is 84.8 Å². The highest BCUT2D eigenvalue weighted by Crippen LogP contribution is 1.98. The zero-order chi connectivity index (χ0) is 13.8. The van der Waals surface area contributed by atoms with Crippen LogP contribution in [0.25, 0.3) is 0 Å². The summed E-state index contributed by atoms with van der Waals surface area (Å²) in [5.41, 5.74) is -0.0989. The monoisotopic (exact) mass is 259 g/mol. The van der Waals surface area contributed by atoms with E-state index in [1.807, 2.05) is 12.1 Å². The summed E-state index contributed by atoms with van der Waals surface area (Å²) in [5, 5.41) is 0. The predicted octanol–water partition coefficient (Wildman–Crippen LogP) is 0.377. The first kappa shape index (κ1) is 12.9. The van der Waals surface area contributed by atoms with Crippen LogP contribution in [0.2, 0.25) is 0 Å². The molecule has 2 aromatic heterocycles. The average Bonchev–Trinajstić information content (AvgIpc) is 2.39. The summed E-state index contributed by atoms with van der Waals surface area (Å²) in [4.78, 5) is 41.1. The van der Waals surface area contributed by atoms with E-state index in [9.17, 15) is 14.4 Å². The van der Waals surface area contributed by atoms with Crippen molar-refractivity contribution in [3.8, 4) is 0 Å². The second kappa shape index (κ2) is 5.43. The van der Waals surface area contributed by atoms with Gasteiger partial charge in [0.2, 0.25) is 0 Å². The summed E-state index contributed by atoms with van der Waals surface area (Å²) >= 11 is 0. The molecule has 0 atom stereocenters. The highest BCUT2D eigenvalue weighted by Gasteiger charge is 2.10. The van der Waals surface area contributed by atoms with Crippen molar-refractivity contribution < 1.29 is 4.79 Å². The zero-order valence-corrected chi connectivity index (χ0v) is 10.4.